The number of para-hydroxylation sites is 5. The Hall–Kier alpha value is -8.03. The number of fused-ring (bicyclic) bond motifs is 9. The summed E-state index contributed by atoms with van der Waals surface area (Å²) in [5, 5.41) is 5.94. The average Bonchev–Trinajstić information content (AvgIpc) is 3.98. The summed E-state index contributed by atoms with van der Waals surface area (Å²) < 4.78 is 19.7. The Morgan fingerprint density at radius 3 is 1.62 bits per heavy atom. The molecule has 0 aliphatic carbocycles. The van der Waals surface area contributed by atoms with Crippen molar-refractivity contribution in [2.45, 2.75) is 0 Å². The van der Waals surface area contributed by atoms with Crippen LogP contribution in [0.2, 0.25) is 0 Å². The van der Waals surface area contributed by atoms with Gasteiger partial charge in [0, 0.05) is 60.8 Å². The molecule has 0 bridgehead atoms. The fraction of sp³-hybridized carbons (Fsp3) is 0. The van der Waals surface area contributed by atoms with Crippen LogP contribution in [0.25, 0.3) is 100.0 Å². The summed E-state index contributed by atoms with van der Waals surface area (Å²) in [5.74, 6) is 1.62. The van der Waals surface area contributed by atoms with Crippen LogP contribution in [0.15, 0.2) is 195 Å². The molecule has 12 rings (SSSR count). The number of aromatic nitrogens is 3. The zero-order chi connectivity index (χ0) is 38.2. The molecule has 4 heterocycles. The van der Waals surface area contributed by atoms with Crippen LogP contribution in [-0.2, 0) is 0 Å². The lowest BCUT2D eigenvalue weighted by molar-refractivity contribution is 0.667. The van der Waals surface area contributed by atoms with Crippen molar-refractivity contribution in [1.82, 2.24) is 15.0 Å². The maximum Gasteiger partial charge on any atom is 0.164 e. The van der Waals surface area contributed by atoms with Crippen LogP contribution in [0.3, 0.4) is 0 Å². The van der Waals surface area contributed by atoms with Crippen LogP contribution in [0, 0.1) is 0 Å². The van der Waals surface area contributed by atoms with Crippen LogP contribution in [0.1, 0.15) is 0 Å². The predicted octanol–water partition coefficient (Wildman–Crippen LogP) is 14.0. The van der Waals surface area contributed by atoms with Crippen molar-refractivity contribution >= 4 is 82.9 Å². The van der Waals surface area contributed by atoms with E-state index in [4.69, 9.17) is 28.2 Å². The van der Waals surface area contributed by atoms with Gasteiger partial charge in [0.15, 0.2) is 23.1 Å². The first-order chi connectivity index (χ1) is 28.7. The molecule has 4 aromatic heterocycles. The van der Waals surface area contributed by atoms with Gasteiger partial charge in [0.05, 0.1) is 11.4 Å². The molecule has 8 aromatic carbocycles. The van der Waals surface area contributed by atoms with Crippen LogP contribution in [0.5, 0.6) is 0 Å². The predicted molar refractivity (Wildman–Crippen MR) is 233 cm³/mol. The summed E-state index contributed by atoms with van der Waals surface area (Å²) >= 11 is 0. The number of furan rings is 3. The number of hydrogen-bond acceptors (Lipinski definition) is 7. The van der Waals surface area contributed by atoms with E-state index < -0.39 is 0 Å². The number of anilines is 3. The van der Waals surface area contributed by atoms with E-state index in [-0.39, 0.29) is 0 Å². The zero-order valence-electron chi connectivity index (χ0n) is 30.8. The third kappa shape index (κ3) is 5.04. The van der Waals surface area contributed by atoms with Gasteiger partial charge in [-0.1, -0.05) is 127 Å². The van der Waals surface area contributed by atoms with Gasteiger partial charge in [0.2, 0.25) is 0 Å². The molecule has 7 heteroatoms. The summed E-state index contributed by atoms with van der Waals surface area (Å²) in [6, 6.07) is 61.4. The normalized spacial score (nSPS) is 11.8. The van der Waals surface area contributed by atoms with Gasteiger partial charge < -0.3 is 18.2 Å². The summed E-state index contributed by atoms with van der Waals surface area (Å²) in [4.78, 5) is 18.0. The molecule has 0 aliphatic rings. The van der Waals surface area contributed by atoms with Crippen molar-refractivity contribution in [3.63, 3.8) is 0 Å². The van der Waals surface area contributed by atoms with E-state index >= 15 is 0 Å². The van der Waals surface area contributed by atoms with E-state index in [0.29, 0.717) is 23.1 Å². The Morgan fingerprint density at radius 1 is 0.345 bits per heavy atom. The van der Waals surface area contributed by atoms with Gasteiger partial charge in [-0.15, -0.1) is 0 Å². The lowest BCUT2D eigenvalue weighted by Crippen LogP contribution is -2.10. The second-order valence-electron chi connectivity index (χ2n) is 14.3. The van der Waals surface area contributed by atoms with Crippen molar-refractivity contribution in [2.75, 3.05) is 4.90 Å². The zero-order valence-corrected chi connectivity index (χ0v) is 30.8. The van der Waals surface area contributed by atoms with Crippen molar-refractivity contribution in [3.05, 3.63) is 182 Å². The first-order valence-electron chi connectivity index (χ1n) is 19.2. The Morgan fingerprint density at radius 2 is 0.879 bits per heavy atom. The molecule has 0 radical (unpaired) electrons. The Kier molecular flexibility index (Phi) is 7.09. The molecule has 0 aliphatic heterocycles. The molecule has 0 saturated heterocycles. The molecule has 0 atom stereocenters. The second-order valence-corrected chi connectivity index (χ2v) is 14.3. The number of hydrogen-bond donors (Lipinski definition) is 0. The average molecular weight is 747 g/mol. The number of nitrogens with zero attached hydrogens (tertiary/aromatic N) is 4. The van der Waals surface area contributed by atoms with E-state index in [1.54, 1.807) is 0 Å². The van der Waals surface area contributed by atoms with Crippen LogP contribution >= 0.6 is 0 Å². The lowest BCUT2D eigenvalue weighted by atomic mass is 10.0. The minimum Gasteiger partial charge on any atom is -0.456 e. The topological polar surface area (TPSA) is 81.3 Å². The largest absolute Gasteiger partial charge is 0.456 e. The van der Waals surface area contributed by atoms with Crippen LogP contribution in [-0.4, -0.2) is 15.0 Å². The highest BCUT2D eigenvalue weighted by Gasteiger charge is 2.25. The van der Waals surface area contributed by atoms with E-state index in [0.717, 1.165) is 94.0 Å². The fourth-order valence-corrected chi connectivity index (χ4v) is 8.35. The van der Waals surface area contributed by atoms with E-state index in [1.807, 2.05) is 115 Å². The van der Waals surface area contributed by atoms with Gasteiger partial charge in [-0.25, -0.2) is 15.0 Å². The van der Waals surface area contributed by atoms with E-state index in [9.17, 15) is 0 Å². The maximum atomic E-state index is 6.70. The summed E-state index contributed by atoms with van der Waals surface area (Å²) in [5.41, 5.74) is 9.91. The van der Waals surface area contributed by atoms with Crippen LogP contribution < -0.4 is 4.90 Å². The van der Waals surface area contributed by atoms with Crippen molar-refractivity contribution < 1.29 is 13.3 Å². The third-order valence-electron chi connectivity index (χ3n) is 10.9. The SMILES string of the molecule is c1ccc(-c2nc(-c3cccc4oc5ccccc5c34)nc(-c3cc(N(c4ccccc4)c4cccc5c4oc4ccccc45)cc4oc5ccccc5c34)n2)cc1. The minimum atomic E-state index is 0.516. The lowest BCUT2D eigenvalue weighted by Gasteiger charge is -2.26. The van der Waals surface area contributed by atoms with E-state index in [2.05, 4.69) is 71.6 Å². The van der Waals surface area contributed by atoms with Crippen molar-refractivity contribution in [3.8, 4) is 34.2 Å². The highest BCUT2D eigenvalue weighted by atomic mass is 16.3. The smallest absolute Gasteiger partial charge is 0.164 e. The van der Waals surface area contributed by atoms with Crippen molar-refractivity contribution in [2.24, 2.45) is 0 Å². The van der Waals surface area contributed by atoms with Crippen molar-refractivity contribution in [1.29, 1.82) is 0 Å². The van der Waals surface area contributed by atoms with Gasteiger partial charge in [-0.3, -0.25) is 0 Å². The first kappa shape index (κ1) is 32.2. The fourth-order valence-electron chi connectivity index (χ4n) is 8.35. The molecule has 0 fully saturated rings. The van der Waals surface area contributed by atoms with Gasteiger partial charge in [0.1, 0.15) is 27.9 Å². The highest BCUT2D eigenvalue weighted by Crippen LogP contribution is 2.46. The second kappa shape index (κ2) is 12.8. The summed E-state index contributed by atoms with van der Waals surface area (Å²) in [6.07, 6.45) is 0. The quantitative estimate of drug-likeness (QED) is 0.168. The summed E-state index contributed by atoms with van der Waals surface area (Å²) in [6.45, 7) is 0. The monoisotopic (exact) mass is 746 g/mol. The third-order valence-corrected chi connectivity index (χ3v) is 10.9. The maximum absolute atomic E-state index is 6.70. The molecule has 0 unspecified atom stereocenters. The standard InChI is InChI=1S/C51H30N4O3/c1-3-15-31(16-4-1)49-52-50(38-23-14-28-44-46(38)36-20-8-11-26-42(36)56-44)54-51(53-49)39-29-33(30-45-47(39)37-21-9-12-27-43(37)57-45)55(32-17-5-2-6-18-32)40-24-13-22-35-34-19-7-10-25-41(34)58-48(35)40/h1-30H. The Balaban J connectivity index is 1.17. The molecule has 0 N–H and O–H groups in total. The molecule has 58 heavy (non-hydrogen) atoms. The molecule has 0 saturated carbocycles. The summed E-state index contributed by atoms with van der Waals surface area (Å²) in [7, 11) is 0. The Labute approximate surface area is 331 Å². The number of benzene rings is 8. The van der Waals surface area contributed by atoms with Gasteiger partial charge >= 0.3 is 0 Å². The molecule has 7 nitrogen and oxygen atoms in total. The molecule has 12 aromatic rings. The van der Waals surface area contributed by atoms with Gasteiger partial charge in [0.25, 0.3) is 0 Å². The van der Waals surface area contributed by atoms with Gasteiger partial charge in [-0.05, 0) is 48.5 Å². The van der Waals surface area contributed by atoms with E-state index in [1.165, 1.54) is 0 Å². The first-order valence-corrected chi connectivity index (χ1v) is 19.2. The molecular weight excluding hydrogens is 717 g/mol. The molecular formula is C51H30N4O3. The molecule has 272 valence electrons. The Bertz CT molecular complexity index is 3530. The highest BCUT2D eigenvalue weighted by molar-refractivity contribution is 6.15. The number of rotatable bonds is 6. The van der Waals surface area contributed by atoms with Crippen LogP contribution in [0.4, 0.5) is 17.1 Å². The minimum absolute atomic E-state index is 0.516. The molecule has 0 amide bonds. The van der Waals surface area contributed by atoms with Gasteiger partial charge in [-0.2, -0.15) is 0 Å². The molecule has 0 spiro atoms.